The van der Waals surface area contributed by atoms with Crippen molar-refractivity contribution >= 4 is 30.0 Å². The zero-order valence-corrected chi connectivity index (χ0v) is 30.6. The highest BCUT2D eigenvalue weighted by Gasteiger charge is 2.05. The summed E-state index contributed by atoms with van der Waals surface area (Å²) >= 11 is 0. The van der Waals surface area contributed by atoms with E-state index in [0.717, 1.165) is 51.2 Å². The highest BCUT2D eigenvalue weighted by atomic mass is 16.5. The summed E-state index contributed by atoms with van der Waals surface area (Å²) in [5.74, 6) is -1.12. The summed E-state index contributed by atoms with van der Waals surface area (Å²) in [6.45, 7) is 2.99. The van der Waals surface area contributed by atoms with E-state index in [9.17, 15) is 24.0 Å². The Morgan fingerprint density at radius 1 is 0.500 bits per heavy atom. The highest BCUT2D eigenvalue weighted by Crippen LogP contribution is 2.13. The van der Waals surface area contributed by atoms with Crippen LogP contribution in [-0.2, 0) is 42.9 Å². The third-order valence-electron chi connectivity index (χ3n) is 7.85. The van der Waals surface area contributed by atoms with Gasteiger partial charge >= 0.3 is 5.97 Å². The molecule has 0 saturated heterocycles. The molecule has 1 unspecified atom stereocenters. The number of nitrogens with two attached hydrogens (primary N) is 1. The molecule has 292 valence electrons. The van der Waals surface area contributed by atoms with E-state index < -0.39 is 12.0 Å². The lowest BCUT2D eigenvalue weighted by Crippen LogP contribution is -2.31. The van der Waals surface area contributed by atoms with Gasteiger partial charge in [0.1, 0.15) is 19.5 Å². The van der Waals surface area contributed by atoms with Gasteiger partial charge in [-0.2, -0.15) is 0 Å². The topological polar surface area (TPSA) is 205 Å². The molecule has 14 heteroatoms. The lowest BCUT2D eigenvalue weighted by atomic mass is 10.0. The van der Waals surface area contributed by atoms with Crippen molar-refractivity contribution in [2.45, 2.75) is 128 Å². The van der Waals surface area contributed by atoms with E-state index in [1.54, 1.807) is 0 Å². The minimum absolute atomic E-state index is 0.0458. The largest absolute Gasteiger partial charge is 0.481 e. The van der Waals surface area contributed by atoms with Gasteiger partial charge < -0.3 is 50.5 Å². The van der Waals surface area contributed by atoms with Crippen LogP contribution in [0.2, 0.25) is 0 Å². The lowest BCUT2D eigenvalue weighted by molar-refractivity contribution is -0.137. The van der Waals surface area contributed by atoms with Crippen molar-refractivity contribution in [3.63, 3.8) is 0 Å². The first-order valence-corrected chi connectivity index (χ1v) is 18.9. The second kappa shape index (κ2) is 37.6. The number of carboxylic acid groups (broad SMARTS) is 1. The third-order valence-corrected chi connectivity index (χ3v) is 7.85. The standard InChI is InChI=1S/C36H68N4O10/c37-32(29-41)17-15-16-20-38-34(43)30-49-27-26-48-24-22-40-35(44)31-50-28-25-47-23-21-39-33(42)18-13-11-9-7-5-3-1-2-4-6-8-10-12-14-19-36(45)46/h29,32H,1-28,30-31,37H2,(H,38,43)(H,39,42)(H,40,44)(H,45,46). The Labute approximate surface area is 300 Å². The number of aldehydes is 1. The monoisotopic (exact) mass is 716 g/mol. The van der Waals surface area contributed by atoms with Crippen LogP contribution in [0, 0.1) is 0 Å². The first kappa shape index (κ1) is 47.4. The van der Waals surface area contributed by atoms with E-state index in [-0.39, 0.29) is 44.1 Å². The summed E-state index contributed by atoms with van der Waals surface area (Å²) in [5, 5.41) is 16.9. The Bertz CT molecular complexity index is 850. The van der Waals surface area contributed by atoms with Gasteiger partial charge in [0.15, 0.2) is 0 Å². The summed E-state index contributed by atoms with van der Waals surface area (Å²) in [4.78, 5) is 56.4. The van der Waals surface area contributed by atoms with Crippen LogP contribution < -0.4 is 21.7 Å². The van der Waals surface area contributed by atoms with Gasteiger partial charge in [-0.15, -0.1) is 0 Å². The number of unbranched alkanes of at least 4 members (excludes halogenated alkanes) is 14. The molecule has 6 N–H and O–H groups in total. The van der Waals surface area contributed by atoms with Crippen LogP contribution >= 0.6 is 0 Å². The summed E-state index contributed by atoms with van der Waals surface area (Å²) in [6, 6.07) is -0.443. The van der Waals surface area contributed by atoms with E-state index in [1.807, 2.05) is 0 Å². The van der Waals surface area contributed by atoms with Crippen molar-refractivity contribution in [1.82, 2.24) is 16.0 Å². The summed E-state index contributed by atoms with van der Waals surface area (Å²) in [7, 11) is 0. The third kappa shape index (κ3) is 38.2. The number of hydrogen-bond donors (Lipinski definition) is 5. The summed E-state index contributed by atoms with van der Waals surface area (Å²) in [6.07, 6.45) is 19.9. The Balaban J connectivity index is 3.32. The average molecular weight is 717 g/mol. The molecule has 14 nitrogen and oxygen atoms in total. The fraction of sp³-hybridized carbons (Fsp3) is 0.861. The first-order valence-electron chi connectivity index (χ1n) is 18.9. The quantitative estimate of drug-likeness (QED) is 0.0461. The molecule has 0 heterocycles. The van der Waals surface area contributed by atoms with Crippen LogP contribution in [0.1, 0.15) is 122 Å². The number of nitrogens with one attached hydrogen (secondary N) is 3. The Kier molecular flexibility index (Phi) is 35.6. The predicted octanol–water partition coefficient (Wildman–Crippen LogP) is 3.42. The fourth-order valence-corrected chi connectivity index (χ4v) is 4.97. The first-order chi connectivity index (χ1) is 24.3. The molecule has 0 fully saturated rings. The average Bonchev–Trinajstić information content (AvgIpc) is 3.09. The van der Waals surface area contributed by atoms with Gasteiger partial charge in [-0.1, -0.05) is 77.0 Å². The van der Waals surface area contributed by atoms with Crippen LogP contribution in [-0.4, -0.2) is 114 Å². The van der Waals surface area contributed by atoms with Gasteiger partial charge in [0.05, 0.1) is 45.7 Å². The van der Waals surface area contributed by atoms with Crippen molar-refractivity contribution < 1.29 is 48.0 Å². The molecule has 0 radical (unpaired) electrons. The number of carboxylic acids is 1. The van der Waals surface area contributed by atoms with E-state index in [0.29, 0.717) is 65.3 Å². The van der Waals surface area contributed by atoms with Gasteiger partial charge in [-0.3, -0.25) is 19.2 Å². The molecule has 3 amide bonds. The van der Waals surface area contributed by atoms with E-state index in [1.165, 1.54) is 57.8 Å². The van der Waals surface area contributed by atoms with Gasteiger partial charge in [0, 0.05) is 32.5 Å². The molecule has 0 rings (SSSR count). The predicted molar refractivity (Wildman–Crippen MR) is 192 cm³/mol. The van der Waals surface area contributed by atoms with E-state index >= 15 is 0 Å². The molecule has 0 aromatic carbocycles. The minimum Gasteiger partial charge on any atom is -0.481 e. The second-order valence-electron chi connectivity index (χ2n) is 12.5. The molecule has 0 aromatic heterocycles. The number of amides is 3. The van der Waals surface area contributed by atoms with Crippen molar-refractivity contribution in [3.05, 3.63) is 0 Å². The smallest absolute Gasteiger partial charge is 0.303 e. The summed E-state index contributed by atoms with van der Waals surface area (Å²) in [5.41, 5.74) is 5.51. The molecule has 0 aliphatic carbocycles. The highest BCUT2D eigenvalue weighted by molar-refractivity contribution is 5.77. The number of hydrogen-bond acceptors (Lipinski definition) is 10. The molecule has 1 atom stereocenters. The minimum atomic E-state index is -0.693. The molecule has 0 aromatic rings. The Morgan fingerprint density at radius 2 is 0.900 bits per heavy atom. The molecule has 50 heavy (non-hydrogen) atoms. The molecular weight excluding hydrogens is 648 g/mol. The van der Waals surface area contributed by atoms with Crippen LogP contribution in [0.15, 0.2) is 0 Å². The van der Waals surface area contributed by atoms with Crippen LogP contribution in [0.25, 0.3) is 0 Å². The van der Waals surface area contributed by atoms with Gasteiger partial charge in [-0.05, 0) is 32.1 Å². The normalized spacial score (nSPS) is 11.6. The van der Waals surface area contributed by atoms with E-state index in [2.05, 4.69) is 16.0 Å². The molecule has 0 bridgehead atoms. The van der Waals surface area contributed by atoms with Crippen molar-refractivity contribution in [2.24, 2.45) is 5.73 Å². The molecule has 0 aliphatic heterocycles. The maximum atomic E-state index is 12.0. The maximum Gasteiger partial charge on any atom is 0.303 e. The van der Waals surface area contributed by atoms with Crippen molar-refractivity contribution in [1.29, 1.82) is 0 Å². The molecule has 0 saturated carbocycles. The number of carbonyl (C=O) groups is 5. The second-order valence-corrected chi connectivity index (χ2v) is 12.5. The van der Waals surface area contributed by atoms with Crippen LogP contribution in [0.3, 0.4) is 0 Å². The fourth-order valence-electron chi connectivity index (χ4n) is 4.97. The molecule has 0 aliphatic rings. The van der Waals surface area contributed by atoms with Crippen molar-refractivity contribution in [3.8, 4) is 0 Å². The van der Waals surface area contributed by atoms with E-state index in [4.69, 9.17) is 29.8 Å². The van der Waals surface area contributed by atoms with Gasteiger partial charge in [-0.25, -0.2) is 0 Å². The molecular formula is C36H68N4O10. The summed E-state index contributed by atoms with van der Waals surface area (Å²) < 4.78 is 21.4. The van der Waals surface area contributed by atoms with Crippen LogP contribution in [0.4, 0.5) is 0 Å². The SMILES string of the molecule is NC(C=O)CCCCNC(=O)COCCOCCNC(=O)COCCOCCNC(=O)CCCCCCCCCCCCCCCCC(=O)O. The number of ether oxygens (including phenoxy) is 4. The zero-order chi connectivity index (χ0) is 36.8. The lowest BCUT2D eigenvalue weighted by Gasteiger charge is -2.09. The Hall–Kier alpha value is -2.65. The van der Waals surface area contributed by atoms with Gasteiger partial charge in [0.2, 0.25) is 17.7 Å². The van der Waals surface area contributed by atoms with Gasteiger partial charge in [0.25, 0.3) is 0 Å². The molecule has 0 spiro atoms. The number of carbonyl (C=O) groups excluding carboxylic acids is 4. The van der Waals surface area contributed by atoms with Crippen molar-refractivity contribution in [2.75, 3.05) is 72.5 Å². The number of aliphatic carboxylic acids is 1. The zero-order valence-electron chi connectivity index (χ0n) is 30.6. The maximum absolute atomic E-state index is 12.0. The number of rotatable bonds is 39. The Morgan fingerprint density at radius 3 is 1.36 bits per heavy atom. The van der Waals surface area contributed by atoms with Crippen LogP contribution in [0.5, 0.6) is 0 Å².